The number of amides is 1. The molecule has 1 N–H and O–H groups in total. The van der Waals surface area contributed by atoms with Crippen molar-refractivity contribution in [3.8, 4) is 0 Å². The number of nitrogens with one attached hydrogen (secondary N) is 1. The molecule has 0 atom stereocenters. The predicted molar refractivity (Wildman–Crippen MR) is 98.9 cm³/mol. The molecule has 0 fully saturated rings. The highest BCUT2D eigenvalue weighted by Gasteiger charge is 2.23. The molecule has 1 rings (SSSR count). The van der Waals surface area contributed by atoms with E-state index in [1.165, 1.54) is 0 Å². The van der Waals surface area contributed by atoms with Gasteiger partial charge in [0.1, 0.15) is 5.60 Å². The second-order valence-electron chi connectivity index (χ2n) is 6.68. The zero-order valence-corrected chi connectivity index (χ0v) is 16.8. The van der Waals surface area contributed by atoms with E-state index in [-0.39, 0.29) is 12.1 Å². The molecule has 0 aliphatic carbocycles. The summed E-state index contributed by atoms with van der Waals surface area (Å²) in [5, 5.41) is 4.05. The average molecular weight is 406 g/mol. The molecule has 1 aromatic carbocycles. The smallest absolute Gasteiger partial charge is 0.410 e. The van der Waals surface area contributed by atoms with Crippen LogP contribution < -0.4 is 5.32 Å². The van der Waals surface area contributed by atoms with E-state index in [4.69, 9.17) is 16.3 Å². The Morgan fingerprint density at radius 3 is 2.61 bits per heavy atom. The van der Waals surface area contributed by atoms with Gasteiger partial charge in [-0.15, -0.1) is 0 Å². The monoisotopic (exact) mass is 404 g/mol. The summed E-state index contributed by atoms with van der Waals surface area (Å²) in [6, 6.07) is 5.79. The molecular formula is C17H26BrClN2O2. The van der Waals surface area contributed by atoms with Gasteiger partial charge in [-0.05, 0) is 58.4 Å². The maximum absolute atomic E-state index is 12.2. The topological polar surface area (TPSA) is 41.6 Å². The molecule has 0 saturated heterocycles. The summed E-state index contributed by atoms with van der Waals surface area (Å²) in [4.78, 5) is 13.9. The minimum atomic E-state index is -0.483. The molecule has 0 unspecified atom stereocenters. The third kappa shape index (κ3) is 7.55. The summed E-state index contributed by atoms with van der Waals surface area (Å²) in [5.41, 5.74) is 0.606. The number of carbonyl (C=O) groups excluding carboxylic acids is 1. The zero-order chi connectivity index (χ0) is 17.6. The molecule has 130 valence electrons. The maximum atomic E-state index is 12.2. The van der Waals surface area contributed by atoms with E-state index >= 15 is 0 Å². The van der Waals surface area contributed by atoms with Gasteiger partial charge >= 0.3 is 6.09 Å². The molecular weight excluding hydrogens is 380 g/mol. The van der Waals surface area contributed by atoms with Gasteiger partial charge in [-0.1, -0.05) is 27.5 Å². The van der Waals surface area contributed by atoms with Crippen LogP contribution in [0.25, 0.3) is 0 Å². The first-order chi connectivity index (χ1) is 10.6. The summed E-state index contributed by atoms with van der Waals surface area (Å²) in [6.45, 7) is 11.5. The Labute approximate surface area is 152 Å². The van der Waals surface area contributed by atoms with Gasteiger partial charge in [0.05, 0.1) is 0 Å². The van der Waals surface area contributed by atoms with Gasteiger partial charge in [0, 0.05) is 35.2 Å². The molecule has 0 radical (unpaired) electrons. The van der Waals surface area contributed by atoms with Crippen molar-refractivity contribution in [1.29, 1.82) is 0 Å². The summed E-state index contributed by atoms with van der Waals surface area (Å²) in [7, 11) is 0. The van der Waals surface area contributed by atoms with E-state index < -0.39 is 5.60 Å². The maximum Gasteiger partial charge on any atom is 0.410 e. The van der Waals surface area contributed by atoms with Crippen LogP contribution >= 0.6 is 27.5 Å². The first-order valence-electron chi connectivity index (χ1n) is 7.74. The molecule has 1 aromatic rings. The fraction of sp³-hybridized carbons (Fsp3) is 0.588. The SMILES string of the molecule is CC(C)N(CCNCc1cc(Cl)ccc1Br)C(=O)OC(C)(C)C. The Morgan fingerprint density at radius 1 is 1.39 bits per heavy atom. The van der Waals surface area contributed by atoms with E-state index in [2.05, 4.69) is 21.2 Å². The van der Waals surface area contributed by atoms with Gasteiger partial charge in [-0.2, -0.15) is 0 Å². The van der Waals surface area contributed by atoms with Gasteiger partial charge in [0.25, 0.3) is 0 Å². The molecule has 0 aliphatic rings. The molecule has 0 aliphatic heterocycles. The van der Waals surface area contributed by atoms with Crippen molar-refractivity contribution in [2.75, 3.05) is 13.1 Å². The van der Waals surface area contributed by atoms with Crippen LogP contribution in [0, 0.1) is 0 Å². The fourth-order valence-corrected chi connectivity index (χ4v) is 2.56. The van der Waals surface area contributed by atoms with Gasteiger partial charge in [-0.25, -0.2) is 4.79 Å². The van der Waals surface area contributed by atoms with Crippen molar-refractivity contribution in [3.63, 3.8) is 0 Å². The van der Waals surface area contributed by atoms with E-state index in [0.717, 1.165) is 10.0 Å². The lowest BCUT2D eigenvalue weighted by Crippen LogP contribution is -2.44. The summed E-state index contributed by atoms with van der Waals surface area (Å²) in [5.74, 6) is 0. The van der Waals surface area contributed by atoms with Gasteiger partial charge in [0.2, 0.25) is 0 Å². The largest absolute Gasteiger partial charge is 0.444 e. The molecule has 23 heavy (non-hydrogen) atoms. The Balaban J connectivity index is 2.50. The number of halogens is 2. The molecule has 6 heteroatoms. The third-order valence-corrected chi connectivity index (χ3v) is 4.11. The normalized spacial score (nSPS) is 11.7. The molecule has 0 aromatic heterocycles. The van der Waals surface area contributed by atoms with Crippen LogP contribution in [0.5, 0.6) is 0 Å². The summed E-state index contributed by atoms with van der Waals surface area (Å²) in [6.07, 6.45) is -0.279. The van der Waals surface area contributed by atoms with E-state index in [9.17, 15) is 4.79 Å². The van der Waals surface area contributed by atoms with Crippen LogP contribution in [-0.4, -0.2) is 35.7 Å². The second kappa shape index (κ2) is 8.90. The lowest BCUT2D eigenvalue weighted by atomic mass is 10.2. The van der Waals surface area contributed by atoms with Crippen LogP contribution in [0.15, 0.2) is 22.7 Å². The van der Waals surface area contributed by atoms with Crippen molar-refractivity contribution >= 4 is 33.6 Å². The Kier molecular flexibility index (Phi) is 7.84. The third-order valence-electron chi connectivity index (χ3n) is 3.10. The number of benzene rings is 1. The number of rotatable bonds is 6. The molecule has 0 bridgehead atoms. The minimum Gasteiger partial charge on any atom is -0.444 e. The van der Waals surface area contributed by atoms with Gasteiger partial charge in [0.15, 0.2) is 0 Å². The Morgan fingerprint density at radius 2 is 2.04 bits per heavy atom. The molecule has 0 saturated carbocycles. The molecule has 1 amide bonds. The van der Waals surface area contributed by atoms with Gasteiger partial charge in [-0.3, -0.25) is 0 Å². The number of hydrogen-bond donors (Lipinski definition) is 1. The standard InChI is InChI=1S/C17H26BrClN2O2/c1-12(2)21(16(22)23-17(3,4)5)9-8-20-11-13-10-14(19)6-7-15(13)18/h6-7,10,12,20H,8-9,11H2,1-5H3. The first-order valence-corrected chi connectivity index (χ1v) is 8.91. The Hall–Kier alpha value is -0.780. The molecule has 4 nitrogen and oxygen atoms in total. The van der Waals surface area contributed by atoms with Crippen molar-refractivity contribution in [1.82, 2.24) is 10.2 Å². The lowest BCUT2D eigenvalue weighted by Gasteiger charge is -2.30. The minimum absolute atomic E-state index is 0.0876. The van der Waals surface area contributed by atoms with E-state index in [0.29, 0.717) is 24.7 Å². The van der Waals surface area contributed by atoms with Crippen molar-refractivity contribution in [2.45, 2.75) is 52.8 Å². The van der Waals surface area contributed by atoms with Crippen molar-refractivity contribution < 1.29 is 9.53 Å². The van der Waals surface area contributed by atoms with E-state index in [1.807, 2.05) is 52.8 Å². The summed E-state index contributed by atoms with van der Waals surface area (Å²) < 4.78 is 6.46. The van der Waals surface area contributed by atoms with Crippen LogP contribution in [0.4, 0.5) is 4.79 Å². The van der Waals surface area contributed by atoms with Crippen molar-refractivity contribution in [3.05, 3.63) is 33.3 Å². The first kappa shape index (κ1) is 20.3. The number of ether oxygens (including phenoxy) is 1. The van der Waals surface area contributed by atoms with Crippen molar-refractivity contribution in [2.24, 2.45) is 0 Å². The predicted octanol–water partition coefficient (Wildman–Crippen LogP) is 4.84. The zero-order valence-electron chi connectivity index (χ0n) is 14.5. The van der Waals surface area contributed by atoms with Crippen LogP contribution in [0.1, 0.15) is 40.2 Å². The second-order valence-corrected chi connectivity index (χ2v) is 7.97. The highest BCUT2D eigenvalue weighted by molar-refractivity contribution is 9.10. The Bertz CT molecular complexity index is 530. The highest BCUT2D eigenvalue weighted by Crippen LogP contribution is 2.20. The highest BCUT2D eigenvalue weighted by atomic mass is 79.9. The number of hydrogen-bond acceptors (Lipinski definition) is 3. The fourth-order valence-electron chi connectivity index (χ4n) is 1.98. The molecule has 0 spiro atoms. The lowest BCUT2D eigenvalue weighted by molar-refractivity contribution is 0.0193. The number of nitrogens with zero attached hydrogens (tertiary/aromatic N) is 1. The summed E-state index contributed by atoms with van der Waals surface area (Å²) >= 11 is 9.51. The van der Waals surface area contributed by atoms with Crippen LogP contribution in [0.3, 0.4) is 0 Å². The van der Waals surface area contributed by atoms with Crippen LogP contribution in [-0.2, 0) is 11.3 Å². The van der Waals surface area contributed by atoms with E-state index in [1.54, 1.807) is 4.90 Å². The van der Waals surface area contributed by atoms with Crippen LogP contribution in [0.2, 0.25) is 5.02 Å². The number of carbonyl (C=O) groups is 1. The van der Waals surface area contributed by atoms with Gasteiger partial charge < -0.3 is 15.0 Å². The molecule has 0 heterocycles. The average Bonchev–Trinajstić information content (AvgIpc) is 2.39. The quantitative estimate of drug-likeness (QED) is 0.689.